The van der Waals surface area contributed by atoms with Gasteiger partial charge in [-0.15, -0.1) is 0 Å². The lowest BCUT2D eigenvalue weighted by Gasteiger charge is -2.17. The van der Waals surface area contributed by atoms with Crippen LogP contribution in [0.25, 0.3) is 0 Å². The number of nitrogens with one attached hydrogen (secondary N) is 2. The fourth-order valence-corrected chi connectivity index (χ4v) is 0.840. The van der Waals surface area contributed by atoms with Gasteiger partial charge < -0.3 is 15.7 Å². The summed E-state index contributed by atoms with van der Waals surface area (Å²) in [6, 6.07) is -0.913. The second-order valence-corrected chi connectivity index (χ2v) is 3.79. The highest BCUT2D eigenvalue weighted by Gasteiger charge is 2.20. The van der Waals surface area contributed by atoms with Gasteiger partial charge in [0.2, 0.25) is 0 Å². The van der Waals surface area contributed by atoms with Crippen LogP contribution in [0.2, 0.25) is 0 Å². The van der Waals surface area contributed by atoms with E-state index in [4.69, 9.17) is 16.7 Å². The third kappa shape index (κ3) is 5.96. The fourth-order valence-electron chi connectivity index (χ4n) is 0.773. The maximum absolute atomic E-state index is 11.2. The molecule has 0 saturated heterocycles. The van der Waals surface area contributed by atoms with E-state index >= 15 is 0 Å². The maximum atomic E-state index is 11.2. The van der Waals surface area contributed by atoms with Gasteiger partial charge in [-0.3, -0.25) is 4.79 Å². The van der Waals surface area contributed by atoms with E-state index in [0.29, 0.717) is 5.03 Å². The molecule has 5 nitrogen and oxygen atoms in total. The molecule has 15 heavy (non-hydrogen) atoms. The second kappa shape index (κ2) is 6.29. The molecule has 0 spiro atoms. The van der Waals surface area contributed by atoms with Gasteiger partial charge in [0.1, 0.15) is 0 Å². The molecule has 2 atom stereocenters. The van der Waals surface area contributed by atoms with Crippen LogP contribution in [0.4, 0.5) is 4.79 Å². The van der Waals surface area contributed by atoms with Gasteiger partial charge in [-0.2, -0.15) is 0 Å². The summed E-state index contributed by atoms with van der Waals surface area (Å²) in [6.07, 6.45) is 0. The Balaban J connectivity index is 3.96. The Labute approximate surface area is 93.5 Å². The van der Waals surface area contributed by atoms with Gasteiger partial charge in [0.25, 0.3) is 0 Å². The number of hydrogen-bond donors (Lipinski definition) is 3. The molecule has 2 unspecified atom stereocenters. The highest BCUT2D eigenvalue weighted by atomic mass is 35.5. The second-order valence-electron chi connectivity index (χ2n) is 3.26. The number of rotatable bonds is 5. The molecular weight excluding hydrogens is 220 g/mol. The minimum atomic E-state index is -0.954. The Morgan fingerprint density at radius 3 is 2.40 bits per heavy atom. The quantitative estimate of drug-likeness (QED) is 0.668. The van der Waals surface area contributed by atoms with E-state index in [9.17, 15) is 9.59 Å². The summed E-state index contributed by atoms with van der Waals surface area (Å²) in [6.45, 7) is 6.69. The molecule has 0 bridgehead atoms. The SMILES string of the molecule is C=C(Cl)CNC(=O)NC(C)C(C)C(=O)O. The first-order chi connectivity index (χ1) is 6.84. The summed E-state index contributed by atoms with van der Waals surface area (Å²) in [5, 5.41) is 13.9. The Hall–Kier alpha value is -1.23. The lowest BCUT2D eigenvalue weighted by molar-refractivity contribution is -0.141. The number of carboxylic acids is 1. The van der Waals surface area contributed by atoms with Crippen LogP contribution >= 0.6 is 11.6 Å². The molecule has 0 aliphatic rings. The first-order valence-electron chi connectivity index (χ1n) is 4.45. The number of halogens is 1. The van der Waals surface area contributed by atoms with Crippen molar-refractivity contribution in [3.05, 3.63) is 11.6 Å². The molecular formula is C9H15ClN2O3. The van der Waals surface area contributed by atoms with Crippen LogP contribution in [0, 0.1) is 5.92 Å². The molecule has 0 aliphatic heterocycles. The molecule has 0 radical (unpaired) electrons. The van der Waals surface area contributed by atoms with E-state index in [0.717, 1.165) is 0 Å². The molecule has 0 aromatic carbocycles. The predicted octanol–water partition coefficient (Wildman–Crippen LogP) is 1.15. The number of hydrogen-bond acceptors (Lipinski definition) is 2. The van der Waals surface area contributed by atoms with Gasteiger partial charge in [-0.05, 0) is 13.8 Å². The number of amides is 2. The molecule has 0 aromatic rings. The topological polar surface area (TPSA) is 78.4 Å². The van der Waals surface area contributed by atoms with Gasteiger partial charge in [0.15, 0.2) is 0 Å². The van der Waals surface area contributed by atoms with Crippen molar-refractivity contribution < 1.29 is 14.7 Å². The summed E-state index contributed by atoms with van der Waals surface area (Å²) in [7, 11) is 0. The van der Waals surface area contributed by atoms with Crippen molar-refractivity contribution in [2.75, 3.05) is 6.54 Å². The van der Waals surface area contributed by atoms with Crippen LogP contribution in [0.5, 0.6) is 0 Å². The summed E-state index contributed by atoms with van der Waals surface area (Å²) in [5.41, 5.74) is 0. The zero-order chi connectivity index (χ0) is 12.0. The molecule has 3 N–H and O–H groups in total. The molecule has 0 heterocycles. The van der Waals surface area contributed by atoms with Crippen LogP contribution in [0.1, 0.15) is 13.8 Å². The van der Waals surface area contributed by atoms with Gasteiger partial charge in [-0.25, -0.2) is 4.79 Å². The van der Waals surface area contributed by atoms with Crippen molar-refractivity contribution in [3.63, 3.8) is 0 Å². The first-order valence-corrected chi connectivity index (χ1v) is 4.82. The first kappa shape index (κ1) is 13.8. The van der Waals surface area contributed by atoms with Crippen LogP contribution in [-0.4, -0.2) is 29.7 Å². The van der Waals surface area contributed by atoms with Crippen molar-refractivity contribution in [2.45, 2.75) is 19.9 Å². The number of aliphatic carboxylic acids is 1. The predicted molar refractivity (Wildman–Crippen MR) is 57.8 cm³/mol. The molecule has 0 rings (SSSR count). The Morgan fingerprint density at radius 1 is 1.47 bits per heavy atom. The van der Waals surface area contributed by atoms with Crippen LogP contribution in [-0.2, 0) is 4.79 Å². The van der Waals surface area contributed by atoms with Gasteiger partial charge in [0, 0.05) is 11.1 Å². The molecule has 0 saturated carbocycles. The van der Waals surface area contributed by atoms with E-state index in [2.05, 4.69) is 17.2 Å². The highest BCUT2D eigenvalue weighted by molar-refractivity contribution is 6.29. The molecule has 6 heteroatoms. The number of urea groups is 1. The average Bonchev–Trinajstić information content (AvgIpc) is 2.13. The van der Waals surface area contributed by atoms with Crippen LogP contribution in [0.3, 0.4) is 0 Å². The van der Waals surface area contributed by atoms with E-state index < -0.39 is 24.0 Å². The lowest BCUT2D eigenvalue weighted by atomic mass is 10.0. The Kier molecular flexibility index (Phi) is 5.77. The minimum Gasteiger partial charge on any atom is -0.481 e. The normalized spacial score (nSPS) is 13.8. The van der Waals surface area contributed by atoms with Gasteiger partial charge in [0.05, 0.1) is 12.5 Å². The number of carboxylic acid groups (broad SMARTS) is 1. The Bertz CT molecular complexity index is 268. The van der Waals surface area contributed by atoms with Crippen molar-refractivity contribution in [1.82, 2.24) is 10.6 Å². The third-order valence-corrected chi connectivity index (χ3v) is 2.07. The van der Waals surface area contributed by atoms with E-state index in [1.54, 1.807) is 6.92 Å². The van der Waals surface area contributed by atoms with Crippen LogP contribution < -0.4 is 10.6 Å². The largest absolute Gasteiger partial charge is 0.481 e. The van der Waals surface area contributed by atoms with Gasteiger partial charge >= 0.3 is 12.0 Å². The third-order valence-electron chi connectivity index (χ3n) is 1.94. The number of carbonyl (C=O) groups excluding carboxylic acids is 1. The molecule has 0 fully saturated rings. The summed E-state index contributed by atoms with van der Waals surface area (Å²) in [4.78, 5) is 21.8. The zero-order valence-corrected chi connectivity index (χ0v) is 9.47. The van der Waals surface area contributed by atoms with Crippen LogP contribution in [0.15, 0.2) is 11.6 Å². The van der Waals surface area contributed by atoms with E-state index in [1.165, 1.54) is 6.92 Å². The fraction of sp³-hybridized carbons (Fsp3) is 0.556. The molecule has 86 valence electrons. The maximum Gasteiger partial charge on any atom is 0.315 e. The number of carbonyl (C=O) groups is 2. The lowest BCUT2D eigenvalue weighted by Crippen LogP contribution is -2.45. The molecule has 2 amide bonds. The van der Waals surface area contributed by atoms with Crippen molar-refractivity contribution in [2.24, 2.45) is 5.92 Å². The van der Waals surface area contributed by atoms with E-state index in [1.807, 2.05) is 0 Å². The monoisotopic (exact) mass is 234 g/mol. The molecule has 0 aliphatic carbocycles. The summed E-state index contributed by atoms with van der Waals surface area (Å²) in [5.74, 6) is -1.60. The van der Waals surface area contributed by atoms with E-state index in [-0.39, 0.29) is 6.54 Å². The van der Waals surface area contributed by atoms with Crippen molar-refractivity contribution in [3.8, 4) is 0 Å². The molecule has 0 aromatic heterocycles. The van der Waals surface area contributed by atoms with Crippen molar-refractivity contribution in [1.29, 1.82) is 0 Å². The smallest absolute Gasteiger partial charge is 0.315 e. The minimum absolute atomic E-state index is 0.154. The highest BCUT2D eigenvalue weighted by Crippen LogP contribution is 2.01. The Morgan fingerprint density at radius 2 is 2.00 bits per heavy atom. The van der Waals surface area contributed by atoms with Crippen molar-refractivity contribution >= 4 is 23.6 Å². The van der Waals surface area contributed by atoms with Gasteiger partial charge in [-0.1, -0.05) is 18.2 Å². The standard InChI is InChI=1S/C9H15ClN2O3/c1-5(10)4-11-9(15)12-7(3)6(2)8(13)14/h6-7H,1,4H2,2-3H3,(H,13,14)(H2,11,12,15). The summed E-state index contributed by atoms with van der Waals surface area (Å²) >= 11 is 5.44. The average molecular weight is 235 g/mol. The zero-order valence-electron chi connectivity index (χ0n) is 8.71. The summed E-state index contributed by atoms with van der Waals surface area (Å²) < 4.78 is 0.